The molecule has 0 saturated carbocycles. The van der Waals surface area contributed by atoms with Gasteiger partial charge < -0.3 is 4.74 Å². The van der Waals surface area contributed by atoms with Gasteiger partial charge in [0.15, 0.2) is 0 Å². The molecule has 1 atom stereocenters. The van der Waals surface area contributed by atoms with Crippen LogP contribution in [0.1, 0.15) is 11.7 Å². The molecule has 0 spiro atoms. The third-order valence-electron chi connectivity index (χ3n) is 2.63. The van der Waals surface area contributed by atoms with Crippen molar-refractivity contribution in [3.8, 4) is 5.75 Å². The first-order chi connectivity index (χ1) is 8.63. The lowest BCUT2D eigenvalue weighted by Gasteiger charge is -2.16. The Labute approximate surface area is 108 Å². The molecule has 1 aliphatic heterocycles. The molecule has 1 aliphatic rings. The molecule has 0 radical (unpaired) electrons. The van der Waals surface area contributed by atoms with Gasteiger partial charge in [0.05, 0.1) is 7.11 Å². The first-order valence-corrected chi connectivity index (χ1v) is 6.38. The summed E-state index contributed by atoms with van der Waals surface area (Å²) in [6, 6.07) is 6.22. The maximum Gasteiger partial charge on any atom is 0.288 e. The molecular formula is C12H12FNO3S. The van der Waals surface area contributed by atoms with Crippen LogP contribution in [0.25, 0.3) is 0 Å². The smallest absolute Gasteiger partial charge is 0.288 e. The number of imide groups is 1. The van der Waals surface area contributed by atoms with Gasteiger partial charge in [0.2, 0.25) is 6.17 Å². The van der Waals surface area contributed by atoms with E-state index in [1.54, 1.807) is 12.1 Å². The molecule has 6 heteroatoms. The van der Waals surface area contributed by atoms with E-state index in [0.29, 0.717) is 11.5 Å². The summed E-state index contributed by atoms with van der Waals surface area (Å²) in [6.07, 6.45) is -1.83. The molecule has 0 aliphatic carbocycles. The molecule has 96 valence electrons. The third-order valence-corrected chi connectivity index (χ3v) is 3.48. The minimum atomic E-state index is -1.83. The van der Waals surface area contributed by atoms with E-state index in [-0.39, 0.29) is 17.3 Å². The molecule has 2 amide bonds. The molecule has 0 N–H and O–H groups in total. The maximum absolute atomic E-state index is 14.1. The molecular weight excluding hydrogens is 257 g/mol. The van der Waals surface area contributed by atoms with Gasteiger partial charge in [-0.05, 0) is 17.7 Å². The quantitative estimate of drug-likeness (QED) is 0.845. The number of rotatable bonds is 3. The van der Waals surface area contributed by atoms with Crippen LogP contribution >= 0.6 is 11.8 Å². The highest BCUT2D eigenvalue weighted by Gasteiger charge is 2.33. The van der Waals surface area contributed by atoms with Gasteiger partial charge in [0.25, 0.3) is 11.1 Å². The zero-order valence-electron chi connectivity index (χ0n) is 9.76. The van der Waals surface area contributed by atoms with Crippen LogP contribution < -0.4 is 4.74 Å². The van der Waals surface area contributed by atoms with Gasteiger partial charge in [0, 0.05) is 12.3 Å². The van der Waals surface area contributed by atoms with E-state index in [2.05, 4.69) is 0 Å². The van der Waals surface area contributed by atoms with Gasteiger partial charge >= 0.3 is 0 Å². The fourth-order valence-corrected chi connectivity index (χ4v) is 2.46. The monoisotopic (exact) mass is 269 g/mol. The summed E-state index contributed by atoms with van der Waals surface area (Å²) in [5, 5.41) is -0.384. The van der Waals surface area contributed by atoms with E-state index in [9.17, 15) is 14.0 Å². The topological polar surface area (TPSA) is 46.6 Å². The highest BCUT2D eigenvalue weighted by Crippen LogP contribution is 2.27. The minimum absolute atomic E-state index is 0.198. The molecule has 1 aromatic carbocycles. The van der Waals surface area contributed by atoms with Crippen molar-refractivity contribution in [2.75, 3.05) is 19.4 Å². The molecule has 1 heterocycles. The summed E-state index contributed by atoms with van der Waals surface area (Å²) in [4.78, 5) is 24.1. The lowest BCUT2D eigenvalue weighted by Crippen LogP contribution is -2.33. The molecule has 1 fully saturated rings. The largest absolute Gasteiger partial charge is 0.497 e. The number of amides is 2. The second-order valence-corrected chi connectivity index (χ2v) is 4.79. The highest BCUT2D eigenvalue weighted by atomic mass is 32.2. The van der Waals surface area contributed by atoms with Gasteiger partial charge in [0.1, 0.15) is 5.75 Å². The molecule has 2 rings (SSSR count). The zero-order valence-corrected chi connectivity index (χ0v) is 10.6. The number of benzene rings is 1. The van der Waals surface area contributed by atoms with Crippen molar-refractivity contribution < 1.29 is 18.7 Å². The average Bonchev–Trinajstić information content (AvgIpc) is 2.83. The number of carbonyl (C=O) groups excluding carboxylic acids is 2. The Morgan fingerprint density at radius 2 is 2.33 bits per heavy atom. The van der Waals surface area contributed by atoms with Gasteiger partial charge in [-0.2, -0.15) is 0 Å². The minimum Gasteiger partial charge on any atom is -0.497 e. The van der Waals surface area contributed by atoms with Crippen molar-refractivity contribution in [3.63, 3.8) is 0 Å². The fourth-order valence-electron chi connectivity index (χ4n) is 1.67. The predicted octanol–water partition coefficient (Wildman–Crippen LogP) is 2.40. The van der Waals surface area contributed by atoms with Gasteiger partial charge in [-0.3, -0.25) is 14.5 Å². The van der Waals surface area contributed by atoms with Crippen molar-refractivity contribution in [1.82, 2.24) is 4.90 Å². The molecule has 1 saturated heterocycles. The van der Waals surface area contributed by atoms with Crippen molar-refractivity contribution in [2.24, 2.45) is 0 Å². The lowest BCUT2D eigenvalue weighted by molar-refractivity contribution is -0.132. The number of hydrogen-bond donors (Lipinski definition) is 0. The van der Waals surface area contributed by atoms with Crippen LogP contribution in [-0.4, -0.2) is 35.5 Å². The molecule has 0 aromatic heterocycles. The van der Waals surface area contributed by atoms with Crippen molar-refractivity contribution in [1.29, 1.82) is 0 Å². The van der Waals surface area contributed by atoms with Crippen LogP contribution in [0.4, 0.5) is 9.18 Å². The van der Waals surface area contributed by atoms with Crippen LogP contribution in [-0.2, 0) is 4.79 Å². The number of nitrogens with zero attached hydrogens (tertiary/aromatic N) is 1. The van der Waals surface area contributed by atoms with E-state index in [4.69, 9.17) is 4.74 Å². The Morgan fingerprint density at radius 3 is 2.94 bits per heavy atom. The summed E-state index contributed by atoms with van der Waals surface area (Å²) in [5.41, 5.74) is 0.198. The van der Waals surface area contributed by atoms with Crippen LogP contribution in [0.2, 0.25) is 0 Å². The number of halogens is 1. The van der Waals surface area contributed by atoms with E-state index < -0.39 is 12.1 Å². The summed E-state index contributed by atoms with van der Waals surface area (Å²) in [7, 11) is 1.47. The summed E-state index contributed by atoms with van der Waals surface area (Å²) < 4.78 is 19.0. The Hall–Kier alpha value is -1.56. The molecule has 1 aromatic rings. The Balaban J connectivity index is 2.17. The first kappa shape index (κ1) is 12.9. The van der Waals surface area contributed by atoms with E-state index in [1.807, 2.05) is 0 Å². The number of methoxy groups -OCH3 is 1. The van der Waals surface area contributed by atoms with E-state index in [0.717, 1.165) is 16.7 Å². The number of ether oxygens (including phenoxy) is 1. The summed E-state index contributed by atoms with van der Waals surface area (Å²) in [6.45, 7) is 0.271. The second kappa shape index (κ2) is 5.39. The Morgan fingerprint density at radius 1 is 1.56 bits per heavy atom. The number of hydrogen-bond acceptors (Lipinski definition) is 4. The number of alkyl halides is 1. The van der Waals surface area contributed by atoms with Crippen molar-refractivity contribution in [2.45, 2.75) is 6.17 Å². The van der Waals surface area contributed by atoms with Gasteiger partial charge in [-0.15, -0.1) is 0 Å². The Kier molecular flexibility index (Phi) is 3.86. The number of thioether (sulfide) groups is 1. The fraction of sp³-hybridized carbons (Fsp3) is 0.333. The Bertz CT molecular complexity index is 480. The first-order valence-electron chi connectivity index (χ1n) is 5.39. The standard InChI is InChI=1S/C12H12FNO3S/c1-17-9-4-2-3-8(7-9)10(13)11(15)14-5-6-18-12(14)16/h2-4,7,10H,5-6H2,1H3/t10-/m1/s1. The van der Waals surface area contributed by atoms with Crippen molar-refractivity contribution >= 4 is 22.9 Å². The van der Waals surface area contributed by atoms with Crippen LogP contribution in [0.3, 0.4) is 0 Å². The summed E-state index contributed by atoms with van der Waals surface area (Å²) in [5.74, 6) is 0.193. The molecule has 0 unspecified atom stereocenters. The van der Waals surface area contributed by atoms with Crippen LogP contribution in [0.5, 0.6) is 5.75 Å². The predicted molar refractivity (Wildman–Crippen MR) is 66.4 cm³/mol. The van der Waals surface area contributed by atoms with Crippen LogP contribution in [0.15, 0.2) is 24.3 Å². The normalized spacial score (nSPS) is 16.8. The maximum atomic E-state index is 14.1. The molecule has 18 heavy (non-hydrogen) atoms. The van der Waals surface area contributed by atoms with E-state index >= 15 is 0 Å². The van der Waals surface area contributed by atoms with Crippen LogP contribution in [0, 0.1) is 0 Å². The van der Waals surface area contributed by atoms with Gasteiger partial charge in [-0.1, -0.05) is 23.9 Å². The molecule has 4 nitrogen and oxygen atoms in total. The summed E-state index contributed by atoms with van der Waals surface area (Å²) >= 11 is 1.03. The lowest BCUT2D eigenvalue weighted by atomic mass is 10.1. The van der Waals surface area contributed by atoms with Crippen molar-refractivity contribution in [3.05, 3.63) is 29.8 Å². The zero-order chi connectivity index (χ0) is 13.1. The van der Waals surface area contributed by atoms with E-state index in [1.165, 1.54) is 19.2 Å². The number of carbonyl (C=O) groups is 2. The average molecular weight is 269 g/mol. The third kappa shape index (κ3) is 2.48. The highest BCUT2D eigenvalue weighted by molar-refractivity contribution is 8.13. The second-order valence-electron chi connectivity index (χ2n) is 3.74. The SMILES string of the molecule is COc1cccc([C@@H](F)C(=O)N2CCSC2=O)c1. The molecule has 0 bridgehead atoms. The van der Waals surface area contributed by atoms with Gasteiger partial charge in [-0.25, -0.2) is 4.39 Å².